The molecule has 0 aromatic carbocycles. The SMILES string of the molecule is CN(CCc1cccs1)C1(CN)CCN2CCCC2C1. The lowest BCUT2D eigenvalue weighted by atomic mass is 9.82. The highest BCUT2D eigenvalue weighted by atomic mass is 32.1. The van der Waals surface area contributed by atoms with Gasteiger partial charge in [0.1, 0.15) is 0 Å². The van der Waals surface area contributed by atoms with E-state index in [1.54, 1.807) is 0 Å². The minimum Gasteiger partial charge on any atom is -0.329 e. The average Bonchev–Trinajstić information content (AvgIpc) is 3.14. The van der Waals surface area contributed by atoms with Crippen LogP contribution in [0.3, 0.4) is 0 Å². The number of hydrogen-bond donors (Lipinski definition) is 1. The molecular formula is C16H27N3S. The van der Waals surface area contributed by atoms with E-state index in [1.165, 1.54) is 43.6 Å². The summed E-state index contributed by atoms with van der Waals surface area (Å²) >= 11 is 1.87. The van der Waals surface area contributed by atoms with Crippen molar-refractivity contribution in [2.45, 2.75) is 43.7 Å². The van der Waals surface area contributed by atoms with E-state index in [2.05, 4.69) is 34.4 Å². The maximum Gasteiger partial charge on any atom is 0.0355 e. The van der Waals surface area contributed by atoms with E-state index in [4.69, 9.17) is 5.73 Å². The van der Waals surface area contributed by atoms with Crippen molar-refractivity contribution >= 4 is 11.3 Å². The molecule has 2 aliphatic rings. The van der Waals surface area contributed by atoms with E-state index in [0.29, 0.717) is 0 Å². The molecule has 1 aromatic rings. The smallest absolute Gasteiger partial charge is 0.0355 e. The second kappa shape index (κ2) is 6.14. The van der Waals surface area contributed by atoms with Crippen molar-refractivity contribution in [2.75, 3.05) is 33.2 Å². The van der Waals surface area contributed by atoms with Gasteiger partial charge in [-0.1, -0.05) is 6.07 Å². The van der Waals surface area contributed by atoms with Crippen molar-refractivity contribution in [1.82, 2.24) is 9.80 Å². The van der Waals surface area contributed by atoms with Gasteiger partial charge < -0.3 is 10.6 Å². The zero-order chi connectivity index (χ0) is 14.0. The lowest BCUT2D eigenvalue weighted by molar-refractivity contribution is 0.0275. The monoisotopic (exact) mass is 293 g/mol. The first-order chi connectivity index (χ1) is 9.73. The summed E-state index contributed by atoms with van der Waals surface area (Å²) in [7, 11) is 2.28. The summed E-state index contributed by atoms with van der Waals surface area (Å²) in [5, 5.41) is 2.17. The normalized spacial score (nSPS) is 30.9. The van der Waals surface area contributed by atoms with Crippen LogP contribution >= 0.6 is 11.3 Å². The zero-order valence-electron chi connectivity index (χ0n) is 12.6. The van der Waals surface area contributed by atoms with Crippen LogP contribution in [0.25, 0.3) is 0 Å². The van der Waals surface area contributed by atoms with E-state index in [9.17, 15) is 0 Å². The van der Waals surface area contributed by atoms with E-state index in [1.807, 2.05) is 11.3 Å². The summed E-state index contributed by atoms with van der Waals surface area (Å²) in [4.78, 5) is 6.73. The quantitative estimate of drug-likeness (QED) is 0.903. The van der Waals surface area contributed by atoms with Crippen molar-refractivity contribution in [3.63, 3.8) is 0 Å². The van der Waals surface area contributed by atoms with E-state index in [-0.39, 0.29) is 5.54 Å². The van der Waals surface area contributed by atoms with Gasteiger partial charge in [0, 0.05) is 36.1 Å². The van der Waals surface area contributed by atoms with Crippen molar-refractivity contribution < 1.29 is 0 Å². The maximum atomic E-state index is 6.21. The molecule has 2 N–H and O–H groups in total. The Morgan fingerprint density at radius 2 is 2.40 bits per heavy atom. The van der Waals surface area contributed by atoms with Crippen LogP contribution in [-0.4, -0.2) is 54.6 Å². The molecule has 0 radical (unpaired) electrons. The molecule has 0 amide bonds. The van der Waals surface area contributed by atoms with Crippen molar-refractivity contribution in [2.24, 2.45) is 5.73 Å². The molecule has 0 saturated carbocycles. The Labute approximate surface area is 126 Å². The maximum absolute atomic E-state index is 6.21. The van der Waals surface area contributed by atoms with Gasteiger partial charge in [0.15, 0.2) is 0 Å². The number of fused-ring (bicyclic) bond motifs is 1. The fourth-order valence-corrected chi connectivity index (χ4v) is 4.67. The van der Waals surface area contributed by atoms with Crippen LogP contribution in [0.2, 0.25) is 0 Å². The summed E-state index contributed by atoms with van der Waals surface area (Å²) < 4.78 is 0. The highest BCUT2D eigenvalue weighted by molar-refractivity contribution is 7.09. The Bertz CT molecular complexity index is 419. The Balaban J connectivity index is 1.62. The Hall–Kier alpha value is -0.420. The van der Waals surface area contributed by atoms with Crippen LogP contribution in [-0.2, 0) is 6.42 Å². The molecule has 0 aliphatic carbocycles. The summed E-state index contributed by atoms with van der Waals surface area (Å²) in [6, 6.07) is 5.18. The van der Waals surface area contributed by atoms with Gasteiger partial charge in [-0.3, -0.25) is 4.90 Å². The minimum atomic E-state index is 0.239. The molecule has 4 heteroatoms. The van der Waals surface area contributed by atoms with Crippen LogP contribution < -0.4 is 5.73 Å². The first kappa shape index (κ1) is 14.5. The molecule has 3 nitrogen and oxygen atoms in total. The van der Waals surface area contributed by atoms with E-state index in [0.717, 1.165) is 25.6 Å². The number of rotatable bonds is 5. The van der Waals surface area contributed by atoms with Gasteiger partial charge in [-0.05, 0) is 57.1 Å². The van der Waals surface area contributed by atoms with Crippen LogP contribution in [0.15, 0.2) is 17.5 Å². The largest absolute Gasteiger partial charge is 0.329 e. The molecule has 3 heterocycles. The number of thiophene rings is 1. The van der Waals surface area contributed by atoms with E-state index < -0.39 is 0 Å². The third-order valence-electron chi connectivity index (χ3n) is 5.44. The molecule has 0 spiro atoms. The number of nitrogens with zero attached hydrogens (tertiary/aromatic N) is 2. The van der Waals surface area contributed by atoms with Gasteiger partial charge in [0.25, 0.3) is 0 Å². The molecule has 2 saturated heterocycles. The van der Waals surface area contributed by atoms with Crippen molar-refractivity contribution in [1.29, 1.82) is 0 Å². The van der Waals surface area contributed by atoms with Crippen molar-refractivity contribution in [3.05, 3.63) is 22.4 Å². The molecule has 112 valence electrons. The van der Waals surface area contributed by atoms with Gasteiger partial charge >= 0.3 is 0 Å². The van der Waals surface area contributed by atoms with Crippen LogP contribution in [0.5, 0.6) is 0 Å². The van der Waals surface area contributed by atoms with Gasteiger partial charge in [-0.15, -0.1) is 11.3 Å². The van der Waals surface area contributed by atoms with Gasteiger partial charge in [-0.25, -0.2) is 0 Å². The molecule has 2 fully saturated rings. The zero-order valence-corrected chi connectivity index (χ0v) is 13.4. The Morgan fingerprint density at radius 3 is 3.15 bits per heavy atom. The predicted molar refractivity (Wildman–Crippen MR) is 86.3 cm³/mol. The van der Waals surface area contributed by atoms with Gasteiger partial charge in [0.2, 0.25) is 0 Å². The second-order valence-electron chi connectivity index (χ2n) is 6.47. The molecule has 2 aliphatic heterocycles. The average molecular weight is 293 g/mol. The summed E-state index contributed by atoms with van der Waals surface area (Å²) in [5.74, 6) is 0. The number of nitrogens with two attached hydrogens (primary N) is 1. The summed E-state index contributed by atoms with van der Waals surface area (Å²) in [6.45, 7) is 4.48. The molecule has 2 unspecified atom stereocenters. The molecule has 0 bridgehead atoms. The van der Waals surface area contributed by atoms with Gasteiger partial charge in [-0.2, -0.15) is 0 Å². The molecule has 2 atom stereocenters. The lowest BCUT2D eigenvalue weighted by Crippen LogP contribution is -2.60. The fraction of sp³-hybridized carbons (Fsp3) is 0.750. The van der Waals surface area contributed by atoms with Crippen LogP contribution in [0.4, 0.5) is 0 Å². The Morgan fingerprint density at radius 1 is 1.50 bits per heavy atom. The highest BCUT2D eigenvalue weighted by Gasteiger charge is 2.42. The van der Waals surface area contributed by atoms with Gasteiger partial charge in [0.05, 0.1) is 0 Å². The predicted octanol–water partition coefficient (Wildman–Crippen LogP) is 2.18. The standard InChI is InChI=1S/C16H27N3S/c1-18(9-6-15-5-3-11-20-15)16(13-17)7-10-19-8-2-4-14(19)12-16/h3,5,11,14H,2,4,6-10,12-13,17H2,1H3. The first-order valence-corrected chi connectivity index (χ1v) is 8.79. The number of hydrogen-bond acceptors (Lipinski definition) is 4. The molecule has 3 rings (SSSR count). The molecule has 1 aromatic heterocycles. The Kier molecular flexibility index (Phi) is 4.46. The third-order valence-corrected chi connectivity index (χ3v) is 6.38. The first-order valence-electron chi connectivity index (χ1n) is 7.91. The second-order valence-corrected chi connectivity index (χ2v) is 7.50. The summed E-state index contributed by atoms with van der Waals surface area (Å²) in [6.07, 6.45) is 6.42. The number of piperidine rings is 1. The highest BCUT2D eigenvalue weighted by Crippen LogP contribution is 2.35. The van der Waals surface area contributed by atoms with E-state index >= 15 is 0 Å². The minimum absolute atomic E-state index is 0.239. The molecule has 20 heavy (non-hydrogen) atoms. The van der Waals surface area contributed by atoms with Crippen LogP contribution in [0.1, 0.15) is 30.6 Å². The molecular weight excluding hydrogens is 266 g/mol. The number of likely N-dealkylation sites (N-methyl/N-ethyl adjacent to an activating group) is 1. The fourth-order valence-electron chi connectivity index (χ4n) is 3.97. The third kappa shape index (κ3) is 2.80. The van der Waals surface area contributed by atoms with Crippen molar-refractivity contribution in [3.8, 4) is 0 Å². The lowest BCUT2D eigenvalue weighted by Gasteiger charge is -2.49. The van der Waals surface area contributed by atoms with Crippen LogP contribution in [0, 0.1) is 0 Å². The topological polar surface area (TPSA) is 32.5 Å². The summed E-state index contributed by atoms with van der Waals surface area (Å²) in [5.41, 5.74) is 6.45.